The van der Waals surface area contributed by atoms with Crippen molar-refractivity contribution in [1.29, 1.82) is 0 Å². The molecule has 28 heavy (non-hydrogen) atoms. The highest BCUT2D eigenvalue weighted by molar-refractivity contribution is 7.89. The maximum Gasteiger partial charge on any atom is 0.243 e. The molecule has 8 heteroatoms. The Hall–Kier alpha value is -2.29. The Morgan fingerprint density at radius 2 is 1.75 bits per heavy atom. The zero-order chi connectivity index (χ0) is 20.1. The maximum atomic E-state index is 13.4. The van der Waals surface area contributed by atoms with Gasteiger partial charge in [0.1, 0.15) is 5.82 Å². The van der Waals surface area contributed by atoms with E-state index in [1.165, 1.54) is 22.5 Å². The van der Waals surface area contributed by atoms with Crippen LogP contribution in [-0.4, -0.2) is 55.8 Å². The van der Waals surface area contributed by atoms with E-state index in [0.29, 0.717) is 19.6 Å². The molecule has 0 radical (unpaired) electrons. The second-order valence-corrected chi connectivity index (χ2v) is 8.71. The summed E-state index contributed by atoms with van der Waals surface area (Å²) in [7, 11) is -3.73. The second kappa shape index (κ2) is 8.81. The average molecular weight is 405 g/mol. The minimum absolute atomic E-state index is 0.0467. The first-order valence-corrected chi connectivity index (χ1v) is 10.6. The van der Waals surface area contributed by atoms with Gasteiger partial charge in [-0.3, -0.25) is 9.69 Å². The number of hydrogen-bond donors (Lipinski definition) is 1. The average Bonchev–Trinajstić information content (AvgIpc) is 2.72. The largest absolute Gasteiger partial charge is 0.351 e. The summed E-state index contributed by atoms with van der Waals surface area (Å²) in [5.41, 5.74) is 1.02. The topological polar surface area (TPSA) is 69.7 Å². The SMILES string of the molecule is C[C@@H](C(=O)NCc1ccccc1)N1CCN(S(=O)(=O)c2cccc(F)c2)CC1. The standard InChI is InChI=1S/C20H24FN3O3S/c1-16(20(25)22-15-17-6-3-2-4-7-17)23-10-12-24(13-11-23)28(26,27)19-9-5-8-18(21)14-19/h2-9,14,16H,10-13,15H2,1H3,(H,22,25)/t16-/m0/s1. The second-order valence-electron chi connectivity index (χ2n) is 6.78. The Balaban J connectivity index is 1.55. The van der Waals surface area contributed by atoms with E-state index < -0.39 is 15.8 Å². The Morgan fingerprint density at radius 3 is 2.39 bits per heavy atom. The number of sulfonamides is 1. The number of carbonyl (C=O) groups excluding carboxylic acids is 1. The molecule has 1 heterocycles. The Bertz CT molecular complexity index is 913. The van der Waals surface area contributed by atoms with Gasteiger partial charge >= 0.3 is 0 Å². The molecule has 0 unspecified atom stereocenters. The molecule has 1 saturated heterocycles. The molecule has 0 bridgehead atoms. The number of piperazine rings is 1. The summed E-state index contributed by atoms with van der Waals surface area (Å²) in [6.07, 6.45) is 0. The molecule has 0 saturated carbocycles. The van der Waals surface area contributed by atoms with Crippen molar-refractivity contribution >= 4 is 15.9 Å². The van der Waals surface area contributed by atoms with Crippen molar-refractivity contribution < 1.29 is 17.6 Å². The van der Waals surface area contributed by atoms with Crippen molar-refractivity contribution in [3.8, 4) is 0 Å². The van der Waals surface area contributed by atoms with Crippen molar-refractivity contribution in [1.82, 2.24) is 14.5 Å². The molecule has 2 aromatic carbocycles. The number of amides is 1. The number of benzene rings is 2. The van der Waals surface area contributed by atoms with Gasteiger partial charge in [0.2, 0.25) is 15.9 Å². The van der Waals surface area contributed by atoms with Crippen molar-refractivity contribution in [2.24, 2.45) is 0 Å². The Morgan fingerprint density at radius 1 is 1.07 bits per heavy atom. The lowest BCUT2D eigenvalue weighted by Crippen LogP contribution is -2.54. The lowest BCUT2D eigenvalue weighted by Gasteiger charge is -2.36. The minimum atomic E-state index is -3.73. The van der Waals surface area contributed by atoms with Crippen LogP contribution in [-0.2, 0) is 21.4 Å². The van der Waals surface area contributed by atoms with Gasteiger partial charge < -0.3 is 5.32 Å². The van der Waals surface area contributed by atoms with Crippen LogP contribution >= 0.6 is 0 Å². The third-order valence-corrected chi connectivity index (χ3v) is 6.84. The highest BCUT2D eigenvalue weighted by Gasteiger charge is 2.31. The zero-order valence-electron chi connectivity index (χ0n) is 15.7. The van der Waals surface area contributed by atoms with Crippen LogP contribution in [0.15, 0.2) is 59.5 Å². The molecule has 1 aliphatic rings. The first-order valence-electron chi connectivity index (χ1n) is 9.19. The zero-order valence-corrected chi connectivity index (χ0v) is 16.5. The van der Waals surface area contributed by atoms with Crippen molar-refractivity contribution in [2.75, 3.05) is 26.2 Å². The van der Waals surface area contributed by atoms with Crippen molar-refractivity contribution in [2.45, 2.75) is 24.4 Å². The lowest BCUT2D eigenvalue weighted by molar-refractivity contribution is -0.126. The van der Waals surface area contributed by atoms with Crippen molar-refractivity contribution in [3.05, 3.63) is 66.0 Å². The normalized spacial score (nSPS) is 17.2. The molecule has 150 valence electrons. The van der Waals surface area contributed by atoms with E-state index in [2.05, 4.69) is 5.32 Å². The molecular formula is C20H24FN3O3S. The third kappa shape index (κ3) is 4.76. The van der Waals surface area contributed by atoms with Gasteiger partial charge in [0.05, 0.1) is 10.9 Å². The van der Waals surface area contributed by atoms with Crippen LogP contribution in [0.2, 0.25) is 0 Å². The van der Waals surface area contributed by atoms with Gasteiger partial charge in [-0.2, -0.15) is 4.31 Å². The summed E-state index contributed by atoms with van der Waals surface area (Å²) in [6.45, 7) is 3.67. The smallest absolute Gasteiger partial charge is 0.243 e. The van der Waals surface area contributed by atoms with Gasteiger partial charge in [-0.1, -0.05) is 36.4 Å². The van der Waals surface area contributed by atoms with Crippen LogP contribution in [0.1, 0.15) is 12.5 Å². The fraction of sp³-hybridized carbons (Fsp3) is 0.350. The van der Waals surface area contributed by atoms with Crippen LogP contribution < -0.4 is 5.32 Å². The number of halogens is 1. The number of hydrogen-bond acceptors (Lipinski definition) is 4. The number of carbonyl (C=O) groups is 1. The number of nitrogens with zero attached hydrogens (tertiary/aromatic N) is 2. The van der Waals surface area contributed by atoms with Gasteiger partial charge in [0.25, 0.3) is 0 Å². The van der Waals surface area contributed by atoms with Crippen LogP contribution in [0, 0.1) is 5.82 Å². The highest BCUT2D eigenvalue weighted by atomic mass is 32.2. The first-order chi connectivity index (χ1) is 13.4. The van der Waals surface area contributed by atoms with Gasteiger partial charge in [-0.05, 0) is 30.7 Å². The fourth-order valence-electron chi connectivity index (χ4n) is 3.21. The molecule has 1 atom stereocenters. The summed E-state index contributed by atoms with van der Waals surface area (Å²) in [5.74, 6) is -0.672. The van der Waals surface area contributed by atoms with Crippen LogP contribution in [0.4, 0.5) is 4.39 Å². The lowest BCUT2D eigenvalue weighted by atomic mass is 10.2. The fourth-order valence-corrected chi connectivity index (χ4v) is 4.66. The van der Waals surface area contributed by atoms with Gasteiger partial charge in [0, 0.05) is 32.7 Å². The van der Waals surface area contributed by atoms with E-state index in [1.807, 2.05) is 42.2 Å². The van der Waals surface area contributed by atoms with Gasteiger partial charge in [0.15, 0.2) is 0 Å². The summed E-state index contributed by atoms with van der Waals surface area (Å²) in [5, 5.41) is 2.92. The van der Waals surface area contributed by atoms with E-state index in [-0.39, 0.29) is 29.9 Å². The molecule has 1 amide bonds. The monoisotopic (exact) mass is 405 g/mol. The quantitative estimate of drug-likeness (QED) is 0.796. The molecular weight excluding hydrogens is 381 g/mol. The number of nitrogens with one attached hydrogen (secondary N) is 1. The summed E-state index contributed by atoms with van der Waals surface area (Å²) < 4.78 is 40.1. The van der Waals surface area contributed by atoms with Gasteiger partial charge in [-0.15, -0.1) is 0 Å². The van der Waals surface area contributed by atoms with E-state index in [0.717, 1.165) is 11.6 Å². The summed E-state index contributed by atoms with van der Waals surface area (Å²) in [6, 6.07) is 14.3. The number of rotatable bonds is 6. The highest BCUT2D eigenvalue weighted by Crippen LogP contribution is 2.19. The molecule has 0 spiro atoms. The van der Waals surface area contributed by atoms with Crippen LogP contribution in [0.25, 0.3) is 0 Å². The third-order valence-electron chi connectivity index (χ3n) is 4.94. The van der Waals surface area contributed by atoms with Crippen molar-refractivity contribution in [3.63, 3.8) is 0 Å². The molecule has 2 aromatic rings. The molecule has 1 aliphatic heterocycles. The predicted molar refractivity (Wildman–Crippen MR) is 104 cm³/mol. The minimum Gasteiger partial charge on any atom is -0.351 e. The van der Waals surface area contributed by atoms with E-state index in [4.69, 9.17) is 0 Å². The molecule has 1 fully saturated rings. The van der Waals surface area contributed by atoms with E-state index in [9.17, 15) is 17.6 Å². The summed E-state index contributed by atoms with van der Waals surface area (Å²) >= 11 is 0. The Labute approximate surface area is 165 Å². The van der Waals surface area contributed by atoms with E-state index >= 15 is 0 Å². The Kier molecular flexibility index (Phi) is 6.43. The van der Waals surface area contributed by atoms with Crippen LogP contribution in [0.3, 0.4) is 0 Å². The van der Waals surface area contributed by atoms with E-state index in [1.54, 1.807) is 0 Å². The molecule has 6 nitrogen and oxygen atoms in total. The summed E-state index contributed by atoms with van der Waals surface area (Å²) in [4.78, 5) is 14.3. The molecule has 3 rings (SSSR count). The first kappa shape index (κ1) is 20.4. The predicted octanol–water partition coefficient (Wildman–Crippen LogP) is 1.84. The maximum absolute atomic E-state index is 13.4. The molecule has 1 N–H and O–H groups in total. The molecule has 0 aliphatic carbocycles. The van der Waals surface area contributed by atoms with Crippen LogP contribution in [0.5, 0.6) is 0 Å². The van der Waals surface area contributed by atoms with Gasteiger partial charge in [-0.25, -0.2) is 12.8 Å². The molecule has 0 aromatic heterocycles.